The van der Waals surface area contributed by atoms with E-state index in [9.17, 15) is 0 Å². The predicted octanol–water partition coefficient (Wildman–Crippen LogP) is 3.53. The molecule has 1 aliphatic heterocycles. The average Bonchev–Trinajstić information content (AvgIpc) is 2.88. The lowest BCUT2D eigenvalue weighted by Gasteiger charge is -2.23. The van der Waals surface area contributed by atoms with E-state index in [2.05, 4.69) is 46.4 Å². The number of fused-ring (bicyclic) bond motifs is 1. The number of benzene rings is 1. The van der Waals surface area contributed by atoms with Crippen molar-refractivity contribution in [1.82, 2.24) is 20.0 Å². The second kappa shape index (κ2) is 10.7. The normalized spacial score (nSPS) is 13.7. The Kier molecular flexibility index (Phi) is 8.60. The molecule has 8 heteroatoms. The van der Waals surface area contributed by atoms with Gasteiger partial charge in [0.25, 0.3) is 0 Å². The number of rotatable bonds is 5. The van der Waals surface area contributed by atoms with E-state index >= 15 is 0 Å². The van der Waals surface area contributed by atoms with Gasteiger partial charge in [-0.15, -0.1) is 24.0 Å². The quantitative estimate of drug-likeness (QED) is 0.377. The number of aryl methyl sites for hydroxylation is 1. The molecule has 1 aromatic carbocycles. The van der Waals surface area contributed by atoms with Crippen LogP contribution in [0.2, 0.25) is 0 Å². The van der Waals surface area contributed by atoms with Crippen LogP contribution >= 0.6 is 24.0 Å². The Morgan fingerprint density at radius 3 is 2.76 bits per heavy atom. The zero-order valence-electron chi connectivity index (χ0n) is 17.9. The van der Waals surface area contributed by atoms with Gasteiger partial charge in [0.1, 0.15) is 0 Å². The number of nitrogens with one attached hydrogen (secondary N) is 1. The Bertz CT molecular complexity index is 834. The summed E-state index contributed by atoms with van der Waals surface area (Å²) in [6.07, 6.45) is 2.98. The molecule has 0 aliphatic carbocycles. The molecule has 0 spiro atoms. The number of aliphatic imine (C=N–C) groups is 1. The molecule has 0 fully saturated rings. The maximum absolute atomic E-state index is 5.92. The van der Waals surface area contributed by atoms with Gasteiger partial charge < -0.3 is 19.7 Å². The van der Waals surface area contributed by atoms with Crippen molar-refractivity contribution in [3.63, 3.8) is 0 Å². The van der Waals surface area contributed by atoms with E-state index in [1.807, 2.05) is 30.9 Å². The van der Waals surface area contributed by atoms with E-state index < -0.39 is 0 Å². The molecule has 0 unspecified atom stereocenters. The van der Waals surface area contributed by atoms with Gasteiger partial charge in [0.2, 0.25) is 0 Å². The van der Waals surface area contributed by atoms with Gasteiger partial charge in [-0.25, -0.2) is 0 Å². The maximum Gasteiger partial charge on any atom is 0.193 e. The van der Waals surface area contributed by atoms with E-state index in [-0.39, 0.29) is 24.0 Å². The number of hydrogen-bond acceptors (Lipinski definition) is 4. The Balaban J connectivity index is 0.00000300. The number of hydrogen-bond donors (Lipinski definition) is 1. The molecule has 1 aromatic heterocycles. The van der Waals surface area contributed by atoms with Crippen LogP contribution in [0.3, 0.4) is 0 Å². The van der Waals surface area contributed by atoms with Crippen LogP contribution in [0.1, 0.15) is 43.0 Å². The molecule has 0 amide bonds. The number of ether oxygens (including phenoxy) is 2. The topological polar surface area (TPSA) is 63.9 Å². The summed E-state index contributed by atoms with van der Waals surface area (Å²) >= 11 is 0. The van der Waals surface area contributed by atoms with Gasteiger partial charge in [0.05, 0.1) is 18.9 Å². The number of para-hydroxylation sites is 1. The second-order valence-electron chi connectivity index (χ2n) is 7.42. The van der Waals surface area contributed by atoms with Gasteiger partial charge in [-0.3, -0.25) is 9.67 Å². The summed E-state index contributed by atoms with van der Waals surface area (Å²) in [5.41, 5.74) is 3.41. The summed E-state index contributed by atoms with van der Waals surface area (Å²) in [6.45, 7) is 7.07. The Morgan fingerprint density at radius 1 is 1.28 bits per heavy atom. The summed E-state index contributed by atoms with van der Waals surface area (Å²) in [5.74, 6) is 2.86. The fraction of sp³-hybridized carbons (Fsp3) is 0.524. The highest BCUT2D eigenvalue weighted by Gasteiger charge is 2.17. The molecule has 2 aromatic rings. The van der Waals surface area contributed by atoms with Crippen LogP contribution in [0.5, 0.6) is 11.5 Å². The largest absolute Gasteiger partial charge is 0.490 e. The van der Waals surface area contributed by atoms with E-state index in [1.54, 1.807) is 7.05 Å². The first-order valence-corrected chi connectivity index (χ1v) is 9.81. The number of guanidine groups is 1. The third kappa shape index (κ3) is 5.77. The Morgan fingerprint density at radius 2 is 2.03 bits per heavy atom. The monoisotopic (exact) mass is 513 g/mol. The SMILES string of the molecule is CN=C(NCc1cccc2c1OCCCO2)N(C)Cc1cn(C)nc1C(C)C.I. The first-order valence-electron chi connectivity index (χ1n) is 9.81. The highest BCUT2D eigenvalue weighted by molar-refractivity contribution is 14.0. The van der Waals surface area contributed by atoms with Crippen molar-refractivity contribution in [3.05, 3.63) is 41.2 Å². The fourth-order valence-electron chi connectivity index (χ4n) is 3.45. The molecule has 29 heavy (non-hydrogen) atoms. The molecule has 0 atom stereocenters. The van der Waals surface area contributed by atoms with Crippen LogP contribution in [0.25, 0.3) is 0 Å². The molecule has 160 valence electrons. The Labute approximate surface area is 190 Å². The fourth-order valence-corrected chi connectivity index (χ4v) is 3.45. The average molecular weight is 513 g/mol. The lowest BCUT2D eigenvalue weighted by molar-refractivity contribution is 0.296. The molecule has 3 rings (SSSR count). The first-order chi connectivity index (χ1) is 13.5. The Hall–Kier alpha value is -1.97. The molecule has 1 N–H and O–H groups in total. The van der Waals surface area contributed by atoms with Crippen molar-refractivity contribution in [2.24, 2.45) is 12.0 Å². The highest BCUT2D eigenvalue weighted by atomic mass is 127. The third-order valence-corrected chi connectivity index (χ3v) is 4.75. The van der Waals surface area contributed by atoms with Crippen LogP contribution in [0, 0.1) is 0 Å². The summed E-state index contributed by atoms with van der Waals surface area (Å²) in [5, 5.41) is 8.04. The second-order valence-corrected chi connectivity index (χ2v) is 7.42. The first kappa shape index (κ1) is 23.3. The molecule has 0 bridgehead atoms. The summed E-state index contributed by atoms with van der Waals surface area (Å²) in [6, 6.07) is 6.02. The zero-order valence-corrected chi connectivity index (χ0v) is 20.3. The van der Waals surface area contributed by atoms with Crippen molar-refractivity contribution in [2.75, 3.05) is 27.3 Å². The maximum atomic E-state index is 5.92. The predicted molar refractivity (Wildman–Crippen MR) is 126 cm³/mol. The van der Waals surface area contributed by atoms with Gasteiger partial charge in [0, 0.05) is 58.0 Å². The van der Waals surface area contributed by atoms with Crippen LogP contribution in [-0.4, -0.2) is 47.9 Å². The standard InChI is InChI=1S/C21H31N5O2.HI/c1-15(2)19-17(14-26(5)24-19)13-25(4)21(22-3)23-12-16-8-6-9-18-20(16)28-11-7-10-27-18;/h6,8-9,14-15H,7,10-13H2,1-5H3,(H,22,23);1H. The minimum Gasteiger partial charge on any atom is -0.490 e. The van der Waals surface area contributed by atoms with Gasteiger partial charge in [-0.2, -0.15) is 5.10 Å². The van der Waals surface area contributed by atoms with Gasteiger partial charge in [-0.1, -0.05) is 26.0 Å². The van der Waals surface area contributed by atoms with E-state index in [4.69, 9.17) is 9.47 Å². The van der Waals surface area contributed by atoms with Gasteiger partial charge in [0.15, 0.2) is 17.5 Å². The summed E-state index contributed by atoms with van der Waals surface area (Å²) < 4.78 is 13.6. The summed E-state index contributed by atoms with van der Waals surface area (Å²) in [7, 11) is 5.81. The smallest absolute Gasteiger partial charge is 0.193 e. The van der Waals surface area contributed by atoms with Crippen LogP contribution in [-0.2, 0) is 20.1 Å². The van der Waals surface area contributed by atoms with E-state index in [0.717, 1.165) is 41.7 Å². The highest BCUT2D eigenvalue weighted by Crippen LogP contribution is 2.33. The summed E-state index contributed by atoms with van der Waals surface area (Å²) in [4.78, 5) is 6.56. The van der Waals surface area contributed by atoms with E-state index in [1.165, 1.54) is 5.56 Å². The molecule has 1 aliphatic rings. The van der Waals surface area contributed by atoms with Crippen molar-refractivity contribution in [2.45, 2.75) is 39.3 Å². The minimum absolute atomic E-state index is 0. The lowest BCUT2D eigenvalue weighted by atomic mass is 10.1. The number of nitrogens with zero attached hydrogens (tertiary/aromatic N) is 4. The minimum atomic E-state index is 0. The van der Waals surface area contributed by atoms with Gasteiger partial charge >= 0.3 is 0 Å². The van der Waals surface area contributed by atoms with Gasteiger partial charge in [-0.05, 0) is 12.0 Å². The van der Waals surface area contributed by atoms with Crippen molar-refractivity contribution < 1.29 is 9.47 Å². The van der Waals surface area contributed by atoms with E-state index in [0.29, 0.717) is 25.7 Å². The third-order valence-electron chi connectivity index (χ3n) is 4.75. The van der Waals surface area contributed by atoms with Crippen molar-refractivity contribution in [3.8, 4) is 11.5 Å². The number of aromatic nitrogens is 2. The molecule has 0 radical (unpaired) electrons. The van der Waals surface area contributed by atoms with Crippen LogP contribution in [0.4, 0.5) is 0 Å². The molecule has 2 heterocycles. The molecule has 7 nitrogen and oxygen atoms in total. The number of halogens is 1. The van der Waals surface area contributed by atoms with Crippen molar-refractivity contribution >= 4 is 29.9 Å². The molecular formula is C21H32IN5O2. The van der Waals surface area contributed by atoms with Crippen LogP contribution in [0.15, 0.2) is 29.4 Å². The van der Waals surface area contributed by atoms with Crippen molar-refractivity contribution in [1.29, 1.82) is 0 Å². The lowest BCUT2D eigenvalue weighted by Crippen LogP contribution is -2.38. The van der Waals surface area contributed by atoms with Crippen LogP contribution < -0.4 is 14.8 Å². The molecule has 0 saturated heterocycles. The zero-order chi connectivity index (χ0) is 20.1. The molecular weight excluding hydrogens is 481 g/mol. The molecule has 0 saturated carbocycles.